The van der Waals surface area contributed by atoms with Crippen molar-refractivity contribution in [3.63, 3.8) is 0 Å². The molecule has 0 aliphatic rings. The summed E-state index contributed by atoms with van der Waals surface area (Å²) in [6.45, 7) is 0.424. The third-order valence-corrected chi connectivity index (χ3v) is 11.1. The smallest absolute Gasteiger partial charge is 0.143 e. The van der Waals surface area contributed by atoms with Crippen LogP contribution >= 0.6 is 0 Å². The molecule has 58 heavy (non-hydrogen) atoms. The third-order valence-electron chi connectivity index (χ3n) is 11.1. The number of ether oxygens (including phenoxy) is 4. The fourth-order valence-corrected chi connectivity index (χ4v) is 8.22. The second-order valence-electron chi connectivity index (χ2n) is 14.5. The van der Waals surface area contributed by atoms with Crippen LogP contribution < -0.4 is 9.47 Å². The lowest BCUT2D eigenvalue weighted by molar-refractivity contribution is -0.0661. The summed E-state index contributed by atoms with van der Waals surface area (Å²) in [6.07, 6.45) is -0.902. The normalized spacial score (nSPS) is 12.2. The molecule has 1 atom stereocenters. The number of fused-ring (bicyclic) bond motifs is 1. The van der Waals surface area contributed by atoms with Crippen LogP contribution in [-0.4, -0.2) is 38.6 Å². The molecule has 0 fully saturated rings. The Morgan fingerprint density at radius 2 is 1.02 bits per heavy atom. The van der Waals surface area contributed by atoms with Crippen LogP contribution in [0.5, 0.6) is 11.5 Å². The van der Waals surface area contributed by atoms with Crippen LogP contribution in [0.15, 0.2) is 170 Å². The molecule has 0 aliphatic carbocycles. The highest BCUT2D eigenvalue weighted by atomic mass is 16.5. The van der Waals surface area contributed by atoms with Crippen molar-refractivity contribution < 1.29 is 24.1 Å². The average molecular weight is 759 g/mol. The summed E-state index contributed by atoms with van der Waals surface area (Å²) in [7, 11) is 3.30. The van der Waals surface area contributed by atoms with E-state index in [1.54, 1.807) is 14.2 Å². The number of aliphatic hydroxyl groups is 1. The Hall–Kier alpha value is -6.68. The van der Waals surface area contributed by atoms with Gasteiger partial charge >= 0.3 is 0 Å². The SMILES string of the molecule is COc1ccc(C(OCC(O)COCc2ccc(C#Cc3ccc4ccc5cccc6ccc3c4c56)c3ccccc23)(c2ccccc2)c2ccc(OC)cc2)cc1. The maximum Gasteiger partial charge on any atom is 0.143 e. The maximum atomic E-state index is 11.4. The van der Waals surface area contributed by atoms with E-state index in [2.05, 4.69) is 90.7 Å². The number of aliphatic hydroxyl groups excluding tert-OH is 1. The summed E-state index contributed by atoms with van der Waals surface area (Å²) in [4.78, 5) is 0. The topological polar surface area (TPSA) is 57.2 Å². The van der Waals surface area contributed by atoms with E-state index in [0.29, 0.717) is 6.61 Å². The lowest BCUT2D eigenvalue weighted by Crippen LogP contribution is -2.36. The molecule has 0 spiro atoms. The van der Waals surface area contributed by atoms with E-state index in [1.165, 1.54) is 32.3 Å². The molecule has 5 nitrogen and oxygen atoms in total. The van der Waals surface area contributed by atoms with E-state index >= 15 is 0 Å². The van der Waals surface area contributed by atoms with Gasteiger partial charge in [0.05, 0.1) is 34.0 Å². The van der Waals surface area contributed by atoms with Gasteiger partial charge in [0, 0.05) is 11.1 Å². The molecular formula is C53H42O5. The highest BCUT2D eigenvalue weighted by Crippen LogP contribution is 2.42. The van der Waals surface area contributed by atoms with Crippen LogP contribution in [0.1, 0.15) is 33.4 Å². The fourth-order valence-electron chi connectivity index (χ4n) is 8.22. The van der Waals surface area contributed by atoms with Gasteiger partial charge in [-0.1, -0.05) is 145 Å². The van der Waals surface area contributed by atoms with Gasteiger partial charge in [-0.2, -0.15) is 0 Å². The van der Waals surface area contributed by atoms with Gasteiger partial charge in [0.25, 0.3) is 0 Å². The molecule has 0 aliphatic heterocycles. The van der Waals surface area contributed by atoms with Crippen LogP contribution in [0.4, 0.5) is 0 Å². The highest BCUT2D eigenvalue weighted by molar-refractivity contribution is 6.23. The van der Waals surface area contributed by atoms with Gasteiger partial charge in [0.15, 0.2) is 0 Å². The van der Waals surface area contributed by atoms with Crippen LogP contribution in [0.2, 0.25) is 0 Å². The van der Waals surface area contributed by atoms with Gasteiger partial charge in [-0.15, -0.1) is 0 Å². The first-order chi connectivity index (χ1) is 28.6. The monoisotopic (exact) mass is 758 g/mol. The Balaban J connectivity index is 0.949. The molecule has 1 unspecified atom stereocenters. The first-order valence-electron chi connectivity index (χ1n) is 19.5. The van der Waals surface area contributed by atoms with Gasteiger partial charge in [0.2, 0.25) is 0 Å². The molecule has 0 saturated heterocycles. The van der Waals surface area contributed by atoms with Crippen molar-refractivity contribution in [2.24, 2.45) is 0 Å². The summed E-state index contributed by atoms with van der Waals surface area (Å²) >= 11 is 0. The predicted octanol–water partition coefficient (Wildman–Crippen LogP) is 11.0. The van der Waals surface area contributed by atoms with E-state index in [-0.39, 0.29) is 13.2 Å². The van der Waals surface area contributed by atoms with Crippen molar-refractivity contribution in [3.05, 3.63) is 203 Å². The summed E-state index contributed by atoms with van der Waals surface area (Å²) in [6, 6.07) is 57.8. The number of rotatable bonds is 12. The molecule has 0 saturated carbocycles. The van der Waals surface area contributed by atoms with E-state index in [0.717, 1.165) is 55.7 Å². The van der Waals surface area contributed by atoms with Gasteiger partial charge in [-0.3, -0.25) is 0 Å². The average Bonchev–Trinajstić information content (AvgIpc) is 3.29. The molecule has 9 rings (SSSR count). The van der Waals surface area contributed by atoms with Gasteiger partial charge in [-0.05, 0) is 102 Å². The zero-order chi connectivity index (χ0) is 39.5. The summed E-state index contributed by atoms with van der Waals surface area (Å²) in [5.41, 5.74) is 4.66. The van der Waals surface area contributed by atoms with Gasteiger partial charge in [-0.25, -0.2) is 0 Å². The van der Waals surface area contributed by atoms with Crippen molar-refractivity contribution in [3.8, 4) is 23.3 Å². The van der Waals surface area contributed by atoms with E-state index < -0.39 is 11.7 Å². The molecular weight excluding hydrogens is 717 g/mol. The van der Waals surface area contributed by atoms with Crippen molar-refractivity contribution >= 4 is 43.1 Å². The minimum Gasteiger partial charge on any atom is -0.497 e. The number of methoxy groups -OCH3 is 2. The second-order valence-corrected chi connectivity index (χ2v) is 14.5. The molecule has 5 heteroatoms. The number of hydrogen-bond acceptors (Lipinski definition) is 5. The largest absolute Gasteiger partial charge is 0.497 e. The van der Waals surface area contributed by atoms with Crippen molar-refractivity contribution in [2.75, 3.05) is 27.4 Å². The zero-order valence-electron chi connectivity index (χ0n) is 32.4. The Labute approximate surface area is 338 Å². The summed E-state index contributed by atoms with van der Waals surface area (Å²) in [5, 5.41) is 20.9. The first kappa shape index (κ1) is 36.9. The minimum absolute atomic E-state index is 0.0191. The molecule has 9 aromatic rings. The van der Waals surface area contributed by atoms with Crippen LogP contribution in [0.3, 0.4) is 0 Å². The van der Waals surface area contributed by atoms with Crippen molar-refractivity contribution in [2.45, 2.75) is 18.3 Å². The number of hydrogen-bond donors (Lipinski definition) is 1. The quantitative estimate of drug-likeness (QED) is 0.0764. The molecule has 0 bridgehead atoms. The fraction of sp³-hybridized carbons (Fsp3) is 0.132. The minimum atomic E-state index is -1.04. The Bertz CT molecular complexity index is 2840. The Kier molecular flexibility index (Phi) is 10.2. The number of benzene rings is 9. The molecule has 0 radical (unpaired) electrons. The second kappa shape index (κ2) is 16.1. The van der Waals surface area contributed by atoms with Crippen LogP contribution in [-0.2, 0) is 21.7 Å². The Morgan fingerprint density at radius 1 is 0.483 bits per heavy atom. The molecule has 1 N–H and O–H groups in total. The lowest BCUT2D eigenvalue weighted by atomic mass is 9.80. The van der Waals surface area contributed by atoms with E-state index in [1.807, 2.05) is 91.0 Å². The summed E-state index contributed by atoms with van der Waals surface area (Å²) in [5.74, 6) is 8.50. The van der Waals surface area contributed by atoms with Gasteiger partial charge < -0.3 is 24.1 Å². The van der Waals surface area contributed by atoms with Crippen molar-refractivity contribution in [1.82, 2.24) is 0 Å². The third kappa shape index (κ3) is 6.89. The standard InChI is InChI=1S/C53H42O5/c1-55-46-28-24-43(25-29-46)53(42-11-4-3-5-12-42,44-26-30-47(56-2)31-27-44)58-35-45(54)34-57-33-41-22-18-36(48-13-6-7-14-49(41)48)15-16-37-17-19-40-21-20-38-9-8-10-39-23-32-50(37)52(40)51(38)39/h3-14,17-32,45,54H,33-35H2,1-2H3. The van der Waals surface area contributed by atoms with Crippen LogP contribution in [0, 0.1) is 11.8 Å². The molecule has 9 aromatic carbocycles. The molecule has 0 aromatic heterocycles. The lowest BCUT2D eigenvalue weighted by Gasteiger charge is -2.36. The van der Waals surface area contributed by atoms with Crippen molar-refractivity contribution in [1.29, 1.82) is 0 Å². The van der Waals surface area contributed by atoms with E-state index in [4.69, 9.17) is 18.9 Å². The maximum absolute atomic E-state index is 11.4. The first-order valence-corrected chi connectivity index (χ1v) is 19.5. The van der Waals surface area contributed by atoms with Crippen LogP contribution in [0.25, 0.3) is 43.1 Å². The predicted molar refractivity (Wildman–Crippen MR) is 234 cm³/mol. The molecule has 284 valence electrons. The Morgan fingerprint density at radius 3 is 1.67 bits per heavy atom. The highest BCUT2D eigenvalue weighted by Gasteiger charge is 2.38. The zero-order valence-corrected chi connectivity index (χ0v) is 32.4. The van der Waals surface area contributed by atoms with E-state index in [9.17, 15) is 5.11 Å². The molecule has 0 amide bonds. The van der Waals surface area contributed by atoms with Gasteiger partial charge in [0.1, 0.15) is 23.2 Å². The summed E-state index contributed by atoms with van der Waals surface area (Å²) < 4.78 is 24.0. The molecule has 0 heterocycles.